The van der Waals surface area contributed by atoms with Crippen LogP contribution in [0.5, 0.6) is 0 Å². The van der Waals surface area contributed by atoms with E-state index in [-0.39, 0.29) is 6.04 Å². The van der Waals surface area contributed by atoms with E-state index in [1.807, 2.05) is 0 Å². The molecule has 0 aliphatic rings. The molecule has 0 aromatic heterocycles. The van der Waals surface area contributed by atoms with E-state index in [2.05, 4.69) is 42.6 Å². The number of benzene rings is 1. The van der Waals surface area contributed by atoms with Crippen LogP contribution in [-0.4, -0.2) is 17.2 Å². The fourth-order valence-corrected chi connectivity index (χ4v) is 1.18. The summed E-state index contributed by atoms with van der Waals surface area (Å²) in [5.41, 5.74) is 1.44. The van der Waals surface area contributed by atoms with Crippen LogP contribution in [0.1, 0.15) is 32.8 Å². The average molecular weight is 223 g/mol. The maximum absolute atomic E-state index is 9.70. The van der Waals surface area contributed by atoms with Crippen molar-refractivity contribution in [3.8, 4) is 0 Å². The van der Waals surface area contributed by atoms with Gasteiger partial charge in [0, 0.05) is 6.04 Å². The summed E-state index contributed by atoms with van der Waals surface area (Å²) in [4.78, 5) is 9.70. The van der Waals surface area contributed by atoms with Gasteiger partial charge in [-0.2, -0.15) is 0 Å². The van der Waals surface area contributed by atoms with Crippen molar-refractivity contribution in [2.24, 2.45) is 0 Å². The van der Waals surface area contributed by atoms with Crippen LogP contribution in [0.25, 0.3) is 0 Å². The number of carbonyl (C=O) groups is 1. The first-order valence-electron chi connectivity index (χ1n) is 5.59. The van der Waals surface area contributed by atoms with Gasteiger partial charge in [-0.05, 0) is 25.8 Å². The molecule has 1 aromatic rings. The first-order valence-corrected chi connectivity index (χ1v) is 5.59. The van der Waals surface area contributed by atoms with Gasteiger partial charge in [0.15, 0.2) is 0 Å². The van der Waals surface area contributed by atoms with E-state index >= 15 is 0 Å². The van der Waals surface area contributed by atoms with E-state index in [1.54, 1.807) is 13.8 Å². The van der Waals surface area contributed by atoms with Gasteiger partial charge < -0.3 is 10.4 Å². The SMILES string of the molecule is CC(C)NC(=O)O.CCCc1ccccc1. The van der Waals surface area contributed by atoms with E-state index in [1.165, 1.54) is 18.4 Å². The molecule has 0 bridgehead atoms. The lowest BCUT2D eigenvalue weighted by Crippen LogP contribution is -2.27. The van der Waals surface area contributed by atoms with Crippen LogP contribution >= 0.6 is 0 Å². The van der Waals surface area contributed by atoms with Gasteiger partial charge in [-0.3, -0.25) is 0 Å². The number of carboxylic acid groups (broad SMARTS) is 1. The highest BCUT2D eigenvalue weighted by Gasteiger charge is 1.94. The molecule has 0 aliphatic carbocycles. The monoisotopic (exact) mass is 223 g/mol. The van der Waals surface area contributed by atoms with Crippen molar-refractivity contribution in [2.45, 2.75) is 39.7 Å². The first kappa shape index (κ1) is 14.5. The Kier molecular flexibility index (Phi) is 7.94. The molecule has 0 radical (unpaired) electrons. The third kappa shape index (κ3) is 9.06. The summed E-state index contributed by atoms with van der Waals surface area (Å²) in [5, 5.41) is 10.2. The van der Waals surface area contributed by atoms with E-state index in [4.69, 9.17) is 5.11 Å². The van der Waals surface area contributed by atoms with E-state index in [0.29, 0.717) is 0 Å². The Morgan fingerprint density at radius 1 is 1.31 bits per heavy atom. The molecule has 0 fully saturated rings. The van der Waals surface area contributed by atoms with Crippen molar-refractivity contribution in [3.63, 3.8) is 0 Å². The Bertz CT molecular complexity index is 283. The zero-order chi connectivity index (χ0) is 12.4. The van der Waals surface area contributed by atoms with Crippen LogP contribution < -0.4 is 5.32 Å². The molecule has 3 heteroatoms. The highest BCUT2D eigenvalue weighted by Crippen LogP contribution is 2.00. The molecule has 0 heterocycles. The number of hydrogen-bond donors (Lipinski definition) is 2. The molecular weight excluding hydrogens is 202 g/mol. The maximum atomic E-state index is 9.70. The second-order valence-electron chi connectivity index (χ2n) is 3.84. The van der Waals surface area contributed by atoms with Gasteiger partial charge in [0.05, 0.1) is 0 Å². The highest BCUT2D eigenvalue weighted by atomic mass is 16.4. The Morgan fingerprint density at radius 2 is 1.88 bits per heavy atom. The maximum Gasteiger partial charge on any atom is 0.404 e. The minimum absolute atomic E-state index is 0.0255. The number of amides is 1. The average Bonchev–Trinajstić information content (AvgIpc) is 2.18. The van der Waals surface area contributed by atoms with Crippen LogP contribution in [0.15, 0.2) is 30.3 Å². The molecule has 1 rings (SSSR count). The van der Waals surface area contributed by atoms with Crippen LogP contribution in [-0.2, 0) is 6.42 Å². The number of rotatable bonds is 3. The van der Waals surface area contributed by atoms with Gasteiger partial charge in [-0.15, -0.1) is 0 Å². The molecule has 90 valence electrons. The standard InChI is InChI=1S/C9H12.C4H9NO2/c1-2-6-9-7-4-3-5-8-9;1-3(2)5-4(6)7/h3-5,7-8H,2,6H2,1H3;3,5H,1-2H3,(H,6,7). The molecule has 0 unspecified atom stereocenters. The van der Waals surface area contributed by atoms with Crippen molar-refractivity contribution < 1.29 is 9.90 Å². The summed E-state index contributed by atoms with van der Waals surface area (Å²) in [7, 11) is 0. The molecule has 16 heavy (non-hydrogen) atoms. The normalized spacial score (nSPS) is 9.25. The number of aryl methyl sites for hydroxylation is 1. The van der Waals surface area contributed by atoms with Crippen molar-refractivity contribution in [1.29, 1.82) is 0 Å². The summed E-state index contributed by atoms with van der Waals surface area (Å²) in [6.45, 7) is 5.75. The van der Waals surface area contributed by atoms with Crippen LogP contribution in [0, 0.1) is 0 Å². The lowest BCUT2D eigenvalue weighted by molar-refractivity contribution is 0.191. The summed E-state index contributed by atoms with van der Waals surface area (Å²) < 4.78 is 0. The van der Waals surface area contributed by atoms with Gasteiger partial charge in [0.2, 0.25) is 0 Å². The van der Waals surface area contributed by atoms with Gasteiger partial charge in [-0.1, -0.05) is 43.7 Å². The third-order valence-electron chi connectivity index (χ3n) is 1.79. The number of hydrogen-bond acceptors (Lipinski definition) is 1. The molecule has 3 nitrogen and oxygen atoms in total. The summed E-state index contributed by atoms with van der Waals surface area (Å²) >= 11 is 0. The lowest BCUT2D eigenvalue weighted by Gasteiger charge is -2.00. The molecule has 1 aromatic carbocycles. The second kappa shape index (κ2) is 8.77. The quantitative estimate of drug-likeness (QED) is 0.826. The highest BCUT2D eigenvalue weighted by molar-refractivity contribution is 5.64. The van der Waals surface area contributed by atoms with Crippen molar-refractivity contribution in [3.05, 3.63) is 35.9 Å². The molecule has 1 amide bonds. The summed E-state index contributed by atoms with van der Waals surface area (Å²) in [6.07, 6.45) is 1.49. The molecule has 0 aliphatic heterocycles. The second-order valence-corrected chi connectivity index (χ2v) is 3.84. The third-order valence-corrected chi connectivity index (χ3v) is 1.79. The molecule has 0 saturated heterocycles. The smallest absolute Gasteiger partial charge is 0.404 e. The molecule has 0 saturated carbocycles. The van der Waals surface area contributed by atoms with Gasteiger partial charge in [-0.25, -0.2) is 4.79 Å². The first-order chi connectivity index (χ1) is 7.56. The zero-order valence-electron chi connectivity index (χ0n) is 10.2. The Hall–Kier alpha value is -1.51. The molecule has 0 atom stereocenters. The lowest BCUT2D eigenvalue weighted by atomic mass is 10.1. The van der Waals surface area contributed by atoms with E-state index in [9.17, 15) is 4.79 Å². The van der Waals surface area contributed by atoms with Gasteiger partial charge in [0.1, 0.15) is 0 Å². The molecular formula is C13H21NO2. The topological polar surface area (TPSA) is 49.3 Å². The van der Waals surface area contributed by atoms with Crippen LogP contribution in [0.3, 0.4) is 0 Å². The Labute approximate surface area is 97.5 Å². The molecule has 2 N–H and O–H groups in total. The summed E-state index contributed by atoms with van der Waals surface area (Å²) in [6, 6.07) is 10.6. The van der Waals surface area contributed by atoms with Gasteiger partial charge >= 0.3 is 6.09 Å². The Morgan fingerprint density at radius 3 is 2.19 bits per heavy atom. The van der Waals surface area contributed by atoms with Crippen LogP contribution in [0.4, 0.5) is 4.79 Å². The molecule has 0 spiro atoms. The van der Waals surface area contributed by atoms with Crippen molar-refractivity contribution in [2.75, 3.05) is 0 Å². The Balaban J connectivity index is 0.000000293. The largest absolute Gasteiger partial charge is 0.465 e. The minimum atomic E-state index is -0.963. The predicted molar refractivity (Wildman–Crippen MR) is 66.7 cm³/mol. The minimum Gasteiger partial charge on any atom is -0.465 e. The van der Waals surface area contributed by atoms with Crippen LogP contribution in [0.2, 0.25) is 0 Å². The fraction of sp³-hybridized carbons (Fsp3) is 0.462. The fourth-order valence-electron chi connectivity index (χ4n) is 1.18. The predicted octanol–water partition coefficient (Wildman–Crippen LogP) is 3.30. The van der Waals surface area contributed by atoms with Gasteiger partial charge in [0.25, 0.3) is 0 Å². The van der Waals surface area contributed by atoms with Crippen molar-refractivity contribution in [1.82, 2.24) is 5.32 Å². The summed E-state index contributed by atoms with van der Waals surface area (Å²) in [5.74, 6) is 0. The zero-order valence-corrected chi connectivity index (χ0v) is 10.2. The van der Waals surface area contributed by atoms with E-state index < -0.39 is 6.09 Å². The number of nitrogens with one attached hydrogen (secondary N) is 1. The van der Waals surface area contributed by atoms with E-state index in [0.717, 1.165) is 0 Å². The van der Waals surface area contributed by atoms with Crippen molar-refractivity contribution >= 4 is 6.09 Å².